The maximum atomic E-state index is 11.1. The fraction of sp³-hybridized carbons (Fsp3) is 0.250. The Balaban J connectivity index is 1.74. The molecule has 0 aliphatic rings. The van der Waals surface area contributed by atoms with Crippen molar-refractivity contribution < 1.29 is 12.8 Å². The van der Waals surface area contributed by atoms with E-state index in [4.69, 9.17) is 4.42 Å². The Morgan fingerprint density at radius 2 is 1.87 bits per heavy atom. The first kappa shape index (κ1) is 16.0. The molecule has 0 amide bonds. The summed E-state index contributed by atoms with van der Waals surface area (Å²) in [4.78, 5) is 0. The van der Waals surface area contributed by atoms with Crippen LogP contribution < -0.4 is 0 Å². The van der Waals surface area contributed by atoms with Gasteiger partial charge < -0.3 is 4.42 Å². The van der Waals surface area contributed by atoms with Gasteiger partial charge in [0.05, 0.1) is 5.75 Å². The molecule has 0 spiro atoms. The first-order chi connectivity index (χ1) is 11.0. The molecule has 7 heteroatoms. The second-order valence-electron chi connectivity index (χ2n) is 5.23. The number of hydrogen-bond donors (Lipinski definition) is 0. The molecule has 3 aromatic rings. The van der Waals surface area contributed by atoms with Crippen molar-refractivity contribution in [3.05, 3.63) is 42.5 Å². The van der Waals surface area contributed by atoms with Crippen molar-refractivity contribution in [2.45, 2.75) is 11.6 Å². The molecule has 0 saturated heterocycles. The monoisotopic (exact) mass is 348 g/mol. The minimum Gasteiger partial charge on any atom is -0.411 e. The van der Waals surface area contributed by atoms with Crippen LogP contribution in [0.2, 0.25) is 0 Å². The average Bonchev–Trinajstić information content (AvgIpc) is 2.99. The fourth-order valence-corrected chi connectivity index (χ4v) is 3.82. The van der Waals surface area contributed by atoms with Gasteiger partial charge in [0.1, 0.15) is 9.84 Å². The lowest BCUT2D eigenvalue weighted by atomic mass is 10.0. The van der Waals surface area contributed by atoms with Crippen molar-refractivity contribution in [3.8, 4) is 11.5 Å². The average molecular weight is 348 g/mol. The molecule has 0 N–H and O–H groups in total. The van der Waals surface area contributed by atoms with Crippen LogP contribution in [0.25, 0.3) is 22.2 Å². The lowest BCUT2D eigenvalue weighted by molar-refractivity contribution is 0.466. The second kappa shape index (κ2) is 6.72. The van der Waals surface area contributed by atoms with Crippen LogP contribution in [-0.2, 0) is 9.84 Å². The molecule has 0 unspecified atom stereocenters. The van der Waals surface area contributed by atoms with E-state index in [0.717, 1.165) is 16.3 Å². The summed E-state index contributed by atoms with van der Waals surface area (Å²) < 4.78 is 27.9. The summed E-state index contributed by atoms with van der Waals surface area (Å²) in [5.74, 6) is 1.28. The van der Waals surface area contributed by atoms with E-state index in [1.165, 1.54) is 18.0 Å². The van der Waals surface area contributed by atoms with Crippen LogP contribution in [0, 0.1) is 0 Å². The van der Waals surface area contributed by atoms with Gasteiger partial charge in [-0.25, -0.2) is 8.42 Å². The van der Waals surface area contributed by atoms with E-state index in [-0.39, 0.29) is 5.75 Å². The van der Waals surface area contributed by atoms with Crippen LogP contribution in [0.15, 0.2) is 52.1 Å². The molecular weight excluding hydrogens is 332 g/mol. The van der Waals surface area contributed by atoms with Crippen molar-refractivity contribution in [1.82, 2.24) is 10.2 Å². The van der Waals surface area contributed by atoms with Gasteiger partial charge in [-0.1, -0.05) is 48.2 Å². The highest BCUT2D eigenvalue weighted by Crippen LogP contribution is 2.29. The third kappa shape index (κ3) is 4.11. The van der Waals surface area contributed by atoms with Gasteiger partial charge in [0, 0.05) is 17.6 Å². The summed E-state index contributed by atoms with van der Waals surface area (Å²) >= 11 is 1.38. The number of benzene rings is 2. The van der Waals surface area contributed by atoms with Crippen molar-refractivity contribution in [2.24, 2.45) is 0 Å². The fourth-order valence-electron chi connectivity index (χ4n) is 2.27. The van der Waals surface area contributed by atoms with E-state index in [1.807, 2.05) is 42.5 Å². The van der Waals surface area contributed by atoms with Gasteiger partial charge in [-0.15, -0.1) is 10.2 Å². The normalized spacial score (nSPS) is 11.9. The summed E-state index contributed by atoms with van der Waals surface area (Å²) in [5.41, 5.74) is 0.901. The highest BCUT2D eigenvalue weighted by molar-refractivity contribution is 7.99. The minimum absolute atomic E-state index is 0.171. The van der Waals surface area contributed by atoms with Crippen molar-refractivity contribution in [1.29, 1.82) is 0 Å². The van der Waals surface area contributed by atoms with Crippen LogP contribution in [0.4, 0.5) is 0 Å². The lowest BCUT2D eigenvalue weighted by Crippen LogP contribution is -2.03. The zero-order chi connectivity index (χ0) is 16.3. The van der Waals surface area contributed by atoms with Crippen LogP contribution in [0.5, 0.6) is 0 Å². The molecule has 1 heterocycles. The summed E-state index contributed by atoms with van der Waals surface area (Å²) in [7, 11) is -2.92. The molecule has 0 aliphatic heterocycles. The summed E-state index contributed by atoms with van der Waals surface area (Å²) in [6.07, 6.45) is 1.80. The first-order valence-corrected chi connectivity index (χ1v) is 10.2. The Kier molecular flexibility index (Phi) is 4.68. The first-order valence-electron chi connectivity index (χ1n) is 7.15. The van der Waals surface area contributed by atoms with Gasteiger partial charge >= 0.3 is 0 Å². The van der Waals surface area contributed by atoms with E-state index in [1.54, 1.807) is 0 Å². The Labute approximate surface area is 139 Å². The Morgan fingerprint density at radius 1 is 1.09 bits per heavy atom. The number of nitrogens with zero attached hydrogens (tertiary/aromatic N) is 2. The number of sulfone groups is 1. The molecular formula is C16H16N2O3S2. The maximum absolute atomic E-state index is 11.1. The predicted molar refractivity (Wildman–Crippen MR) is 92.3 cm³/mol. The predicted octanol–water partition coefficient (Wildman–Crippen LogP) is 3.42. The van der Waals surface area contributed by atoms with Crippen LogP contribution in [0.1, 0.15) is 6.42 Å². The highest BCUT2D eigenvalue weighted by atomic mass is 32.2. The number of fused-ring (bicyclic) bond motifs is 1. The van der Waals surface area contributed by atoms with Crippen molar-refractivity contribution in [3.63, 3.8) is 0 Å². The molecule has 3 rings (SSSR count). The molecule has 0 bridgehead atoms. The SMILES string of the molecule is CS(=O)(=O)CCCSc1nnc(-c2cccc3ccccc23)o1. The highest BCUT2D eigenvalue weighted by Gasteiger charge is 2.12. The topological polar surface area (TPSA) is 73.1 Å². The van der Waals surface area contributed by atoms with Gasteiger partial charge in [-0.05, 0) is 23.3 Å². The molecule has 120 valence electrons. The molecule has 0 radical (unpaired) electrons. The summed E-state index contributed by atoms with van der Waals surface area (Å²) in [6.45, 7) is 0. The standard InChI is InChI=1S/C16H16N2O3S2/c1-23(19,20)11-5-10-22-16-18-17-15(21-16)14-9-4-7-12-6-2-3-8-13(12)14/h2-4,6-9H,5,10-11H2,1H3. The van der Waals surface area contributed by atoms with Gasteiger partial charge in [0.15, 0.2) is 0 Å². The molecule has 0 fully saturated rings. The van der Waals surface area contributed by atoms with Crippen LogP contribution in [-0.4, -0.2) is 36.4 Å². The lowest BCUT2D eigenvalue weighted by Gasteiger charge is -2.01. The molecule has 2 aromatic carbocycles. The van der Waals surface area contributed by atoms with Gasteiger partial charge in [-0.3, -0.25) is 0 Å². The summed E-state index contributed by atoms with van der Waals surface area (Å²) in [6, 6.07) is 14.0. The molecule has 5 nitrogen and oxygen atoms in total. The van der Waals surface area contributed by atoms with Crippen molar-refractivity contribution in [2.75, 3.05) is 17.8 Å². The molecule has 23 heavy (non-hydrogen) atoms. The van der Waals surface area contributed by atoms with E-state index in [0.29, 0.717) is 23.3 Å². The summed E-state index contributed by atoms with van der Waals surface area (Å²) in [5, 5.41) is 10.8. The largest absolute Gasteiger partial charge is 0.411 e. The van der Waals surface area contributed by atoms with E-state index in [2.05, 4.69) is 10.2 Å². The maximum Gasteiger partial charge on any atom is 0.276 e. The Bertz CT molecular complexity index is 914. The molecule has 0 aliphatic carbocycles. The molecule has 0 saturated carbocycles. The van der Waals surface area contributed by atoms with E-state index >= 15 is 0 Å². The smallest absolute Gasteiger partial charge is 0.276 e. The Morgan fingerprint density at radius 3 is 2.70 bits per heavy atom. The molecule has 0 atom stereocenters. The Hall–Kier alpha value is -1.86. The number of rotatable bonds is 6. The van der Waals surface area contributed by atoms with Crippen LogP contribution in [0.3, 0.4) is 0 Å². The zero-order valence-electron chi connectivity index (χ0n) is 12.6. The quantitative estimate of drug-likeness (QED) is 0.502. The zero-order valence-corrected chi connectivity index (χ0v) is 14.2. The minimum atomic E-state index is -2.92. The van der Waals surface area contributed by atoms with Gasteiger partial charge in [-0.2, -0.15) is 0 Å². The van der Waals surface area contributed by atoms with Crippen LogP contribution >= 0.6 is 11.8 Å². The second-order valence-corrected chi connectivity index (χ2v) is 8.54. The molecule has 1 aromatic heterocycles. The third-order valence-electron chi connectivity index (χ3n) is 3.31. The van der Waals surface area contributed by atoms with E-state index < -0.39 is 9.84 Å². The number of thioether (sulfide) groups is 1. The number of aromatic nitrogens is 2. The third-order valence-corrected chi connectivity index (χ3v) is 5.25. The van der Waals surface area contributed by atoms with Gasteiger partial charge in [0.2, 0.25) is 5.89 Å². The van der Waals surface area contributed by atoms with Gasteiger partial charge in [0.25, 0.3) is 5.22 Å². The van der Waals surface area contributed by atoms with E-state index in [9.17, 15) is 8.42 Å². The number of hydrogen-bond acceptors (Lipinski definition) is 6. The van der Waals surface area contributed by atoms with Crippen molar-refractivity contribution >= 4 is 32.4 Å².